The number of ether oxygens (including phenoxy) is 2. The van der Waals surface area contributed by atoms with Crippen LogP contribution in [-0.4, -0.2) is 38.8 Å². The summed E-state index contributed by atoms with van der Waals surface area (Å²) < 4.78 is 12.3. The van der Waals surface area contributed by atoms with Crippen molar-refractivity contribution >= 4 is 11.6 Å². The van der Waals surface area contributed by atoms with E-state index in [9.17, 15) is 4.79 Å². The zero-order chi connectivity index (χ0) is 21.1. The fraction of sp³-hybridized carbons (Fsp3) is 0.720. The Morgan fingerprint density at radius 1 is 1.27 bits per heavy atom. The third kappa shape index (κ3) is 2.88. The van der Waals surface area contributed by atoms with Crippen molar-refractivity contribution in [2.45, 2.75) is 65.0 Å². The summed E-state index contributed by atoms with van der Waals surface area (Å²) in [6.07, 6.45) is 5.98. The standard InChI is InChI=1S/C25H36N2O3/c1-16(28)26-23-24(2,3)17-13-20-22(30-12-9-25(20,23)15-17)19-8-7-18(14-21(19)29-4)27-10-5-6-11-27/h7-8,14,17,20,22-23H,5-6,9-13,15H2,1-4H3,(H,26,28)/t17-,20-,22-,23+,25?/m1/s1. The Balaban J connectivity index is 1.49. The van der Waals surface area contributed by atoms with E-state index in [4.69, 9.17) is 9.47 Å². The van der Waals surface area contributed by atoms with Gasteiger partial charge in [-0.05, 0) is 60.8 Å². The molecule has 1 N–H and O–H groups in total. The zero-order valence-corrected chi connectivity index (χ0v) is 18.9. The number of methoxy groups -OCH3 is 1. The van der Waals surface area contributed by atoms with Crippen molar-refractivity contribution in [2.24, 2.45) is 22.7 Å². The van der Waals surface area contributed by atoms with Gasteiger partial charge in [-0.2, -0.15) is 0 Å². The second-order valence-electron chi connectivity index (χ2n) is 10.6. The van der Waals surface area contributed by atoms with Gasteiger partial charge in [-0.1, -0.05) is 19.9 Å². The minimum atomic E-state index is 0.0405. The van der Waals surface area contributed by atoms with Crippen molar-refractivity contribution in [2.75, 3.05) is 31.7 Å². The molecule has 5 rings (SSSR count). The maximum atomic E-state index is 12.1. The molecule has 2 bridgehead atoms. The van der Waals surface area contributed by atoms with E-state index in [1.807, 2.05) is 0 Å². The highest BCUT2D eigenvalue weighted by molar-refractivity contribution is 5.73. The molecule has 2 saturated carbocycles. The maximum absolute atomic E-state index is 12.1. The summed E-state index contributed by atoms with van der Waals surface area (Å²) >= 11 is 0. The van der Waals surface area contributed by atoms with Gasteiger partial charge in [0.05, 0.1) is 13.2 Å². The molecule has 1 spiro atoms. The topological polar surface area (TPSA) is 50.8 Å². The van der Waals surface area contributed by atoms with Gasteiger partial charge in [-0.3, -0.25) is 4.79 Å². The largest absolute Gasteiger partial charge is 0.496 e. The Kier molecular flexibility index (Phi) is 4.81. The summed E-state index contributed by atoms with van der Waals surface area (Å²) in [5.74, 6) is 2.08. The Morgan fingerprint density at radius 2 is 2.03 bits per heavy atom. The number of nitrogens with one attached hydrogen (secondary N) is 1. The van der Waals surface area contributed by atoms with Crippen LogP contribution in [0, 0.1) is 22.7 Å². The van der Waals surface area contributed by atoms with E-state index in [1.165, 1.54) is 36.9 Å². The van der Waals surface area contributed by atoms with Crippen LogP contribution in [0.1, 0.15) is 64.5 Å². The number of fused-ring (bicyclic) bond motifs is 1. The lowest BCUT2D eigenvalue weighted by Gasteiger charge is -2.53. The molecule has 5 atom stereocenters. The van der Waals surface area contributed by atoms with Crippen molar-refractivity contribution in [1.29, 1.82) is 0 Å². The Hall–Kier alpha value is -1.75. The number of hydrogen-bond acceptors (Lipinski definition) is 4. The molecule has 1 aromatic carbocycles. The molecular formula is C25H36N2O3. The summed E-state index contributed by atoms with van der Waals surface area (Å²) in [6.45, 7) is 9.35. The Bertz CT molecular complexity index is 832. The molecule has 0 radical (unpaired) electrons. The van der Waals surface area contributed by atoms with Gasteiger partial charge < -0.3 is 19.7 Å². The van der Waals surface area contributed by atoms with Crippen LogP contribution in [0.2, 0.25) is 0 Å². The normalized spacial score (nSPS) is 36.6. The molecule has 4 fully saturated rings. The van der Waals surface area contributed by atoms with Crippen LogP contribution in [-0.2, 0) is 9.53 Å². The maximum Gasteiger partial charge on any atom is 0.217 e. The van der Waals surface area contributed by atoms with Crippen LogP contribution in [0.15, 0.2) is 18.2 Å². The molecule has 164 valence electrons. The minimum Gasteiger partial charge on any atom is -0.496 e. The van der Waals surface area contributed by atoms with E-state index in [1.54, 1.807) is 14.0 Å². The van der Waals surface area contributed by atoms with Gasteiger partial charge in [0, 0.05) is 50.0 Å². The van der Waals surface area contributed by atoms with Crippen molar-refractivity contribution in [3.8, 4) is 5.75 Å². The SMILES string of the molecule is COc1cc(N2CCCC2)ccc1[C@H]1OCCC23C[C@@H](C[C@H]12)C(C)(C)[C@@H]3NC(C)=O. The average Bonchev–Trinajstić information content (AvgIpc) is 3.42. The summed E-state index contributed by atoms with van der Waals surface area (Å²) in [4.78, 5) is 14.5. The summed E-state index contributed by atoms with van der Waals surface area (Å²) in [5, 5.41) is 3.37. The lowest BCUT2D eigenvalue weighted by atomic mass is 9.58. The van der Waals surface area contributed by atoms with Gasteiger partial charge in [0.1, 0.15) is 5.75 Å². The van der Waals surface area contributed by atoms with E-state index in [0.717, 1.165) is 31.9 Å². The average molecular weight is 413 g/mol. The molecule has 5 nitrogen and oxygen atoms in total. The first kappa shape index (κ1) is 20.2. The van der Waals surface area contributed by atoms with Crippen LogP contribution < -0.4 is 15.0 Å². The van der Waals surface area contributed by atoms with Crippen LogP contribution in [0.25, 0.3) is 0 Å². The quantitative estimate of drug-likeness (QED) is 0.800. The first-order valence-electron chi connectivity index (χ1n) is 11.7. The molecular weight excluding hydrogens is 376 g/mol. The van der Waals surface area contributed by atoms with Crippen molar-refractivity contribution in [1.82, 2.24) is 5.32 Å². The van der Waals surface area contributed by atoms with E-state index < -0.39 is 0 Å². The predicted octanol–water partition coefficient (Wildman–Crippen LogP) is 4.31. The highest BCUT2D eigenvalue weighted by Crippen LogP contribution is 2.70. The van der Waals surface area contributed by atoms with Gasteiger partial charge in [0.25, 0.3) is 0 Å². The van der Waals surface area contributed by atoms with Crippen molar-refractivity contribution in [3.05, 3.63) is 23.8 Å². The summed E-state index contributed by atoms with van der Waals surface area (Å²) in [7, 11) is 1.77. The first-order chi connectivity index (χ1) is 14.4. The number of carbonyl (C=O) groups is 1. The van der Waals surface area contributed by atoms with E-state index >= 15 is 0 Å². The molecule has 0 aromatic heterocycles. The number of anilines is 1. The van der Waals surface area contributed by atoms with E-state index in [2.05, 4.69) is 42.3 Å². The Morgan fingerprint density at radius 3 is 2.73 bits per heavy atom. The highest BCUT2D eigenvalue weighted by Gasteiger charge is 2.68. The number of nitrogens with zero attached hydrogens (tertiary/aromatic N) is 1. The van der Waals surface area contributed by atoms with Gasteiger partial charge in [-0.15, -0.1) is 0 Å². The molecule has 5 heteroatoms. The molecule has 2 aliphatic carbocycles. The van der Waals surface area contributed by atoms with Crippen LogP contribution in [0.3, 0.4) is 0 Å². The molecule has 2 heterocycles. The zero-order valence-electron chi connectivity index (χ0n) is 18.9. The molecule has 30 heavy (non-hydrogen) atoms. The number of rotatable bonds is 4. The smallest absolute Gasteiger partial charge is 0.217 e. The van der Waals surface area contributed by atoms with E-state index in [0.29, 0.717) is 11.8 Å². The minimum absolute atomic E-state index is 0.0405. The molecule has 2 saturated heterocycles. The fourth-order valence-corrected chi connectivity index (χ4v) is 7.41. The van der Waals surface area contributed by atoms with Gasteiger partial charge in [0.15, 0.2) is 0 Å². The van der Waals surface area contributed by atoms with Crippen LogP contribution in [0.4, 0.5) is 5.69 Å². The first-order valence-corrected chi connectivity index (χ1v) is 11.7. The van der Waals surface area contributed by atoms with Crippen LogP contribution >= 0.6 is 0 Å². The monoisotopic (exact) mass is 412 g/mol. The third-order valence-corrected chi connectivity index (χ3v) is 8.85. The number of benzene rings is 1. The lowest BCUT2D eigenvalue weighted by molar-refractivity contribution is -0.136. The third-order valence-electron chi connectivity index (χ3n) is 8.85. The summed E-state index contributed by atoms with van der Waals surface area (Å²) in [6, 6.07) is 6.90. The molecule has 1 amide bonds. The molecule has 1 aromatic rings. The lowest BCUT2D eigenvalue weighted by Crippen LogP contribution is -2.58. The highest BCUT2D eigenvalue weighted by atomic mass is 16.5. The van der Waals surface area contributed by atoms with Gasteiger partial charge in [-0.25, -0.2) is 0 Å². The number of hydrogen-bond donors (Lipinski definition) is 1. The van der Waals surface area contributed by atoms with Crippen molar-refractivity contribution < 1.29 is 14.3 Å². The summed E-state index contributed by atoms with van der Waals surface area (Å²) in [5.41, 5.74) is 2.69. The second kappa shape index (κ2) is 7.15. The fourth-order valence-electron chi connectivity index (χ4n) is 7.41. The molecule has 1 unspecified atom stereocenters. The van der Waals surface area contributed by atoms with Crippen molar-refractivity contribution in [3.63, 3.8) is 0 Å². The molecule has 4 aliphatic rings. The van der Waals surface area contributed by atoms with Crippen LogP contribution in [0.5, 0.6) is 5.75 Å². The number of amides is 1. The molecule has 2 aliphatic heterocycles. The Labute approximate surface area is 180 Å². The second-order valence-corrected chi connectivity index (χ2v) is 10.6. The predicted molar refractivity (Wildman–Crippen MR) is 118 cm³/mol. The van der Waals surface area contributed by atoms with E-state index in [-0.39, 0.29) is 28.9 Å². The van der Waals surface area contributed by atoms with Gasteiger partial charge in [0.2, 0.25) is 5.91 Å². The number of carbonyl (C=O) groups excluding carboxylic acids is 1. The van der Waals surface area contributed by atoms with Gasteiger partial charge >= 0.3 is 0 Å².